The number of hydrogen-bond acceptors (Lipinski definition) is 3. The molecule has 3 rings (SSSR count). The minimum Gasteiger partial charge on any atom is -0.379 e. The van der Waals surface area contributed by atoms with Crippen LogP contribution >= 0.6 is 0 Å². The summed E-state index contributed by atoms with van der Waals surface area (Å²) < 4.78 is 5.44. The average Bonchev–Trinajstić information content (AvgIpc) is 2.81. The fourth-order valence-corrected chi connectivity index (χ4v) is 2.74. The molecule has 0 saturated carbocycles. The molecule has 1 fully saturated rings. The van der Waals surface area contributed by atoms with Crippen molar-refractivity contribution in [2.75, 3.05) is 26.3 Å². The molecular weight excluding hydrogens is 236 g/mol. The zero-order chi connectivity index (χ0) is 13.5. The molecule has 1 aliphatic heterocycles. The van der Waals surface area contributed by atoms with Crippen LogP contribution in [0.25, 0.3) is 6.08 Å². The Balaban J connectivity index is 1.91. The Bertz CT molecular complexity index is 496. The number of ether oxygens (including phenoxy) is 1. The predicted molar refractivity (Wildman–Crippen MR) is 77.1 cm³/mol. The second kappa shape index (κ2) is 4.73. The summed E-state index contributed by atoms with van der Waals surface area (Å²) in [4.78, 5) is 7.11. The third-order valence-corrected chi connectivity index (χ3v) is 4.01. The van der Waals surface area contributed by atoms with Crippen molar-refractivity contribution in [3.8, 4) is 0 Å². The first kappa shape index (κ1) is 12.8. The molecule has 1 aromatic rings. The zero-order valence-electron chi connectivity index (χ0n) is 12.0. The summed E-state index contributed by atoms with van der Waals surface area (Å²) in [5.74, 6) is 0. The van der Waals surface area contributed by atoms with Gasteiger partial charge in [0.15, 0.2) is 0 Å². The van der Waals surface area contributed by atoms with E-state index in [1.807, 2.05) is 6.20 Å². The van der Waals surface area contributed by atoms with Gasteiger partial charge in [-0.1, -0.05) is 26.8 Å². The van der Waals surface area contributed by atoms with Gasteiger partial charge in [-0.3, -0.25) is 9.88 Å². The van der Waals surface area contributed by atoms with E-state index >= 15 is 0 Å². The normalized spacial score (nSPS) is 23.6. The molecule has 2 heterocycles. The first-order valence-corrected chi connectivity index (χ1v) is 7.06. The fraction of sp³-hybridized carbons (Fsp3) is 0.562. The molecule has 0 bridgehead atoms. The lowest BCUT2D eigenvalue weighted by atomic mass is 9.87. The van der Waals surface area contributed by atoms with Gasteiger partial charge in [-0.2, -0.15) is 0 Å². The molecule has 1 saturated heterocycles. The summed E-state index contributed by atoms with van der Waals surface area (Å²) in [5.41, 5.74) is 3.95. The van der Waals surface area contributed by atoms with E-state index in [1.165, 1.54) is 11.1 Å². The monoisotopic (exact) mass is 258 g/mol. The maximum atomic E-state index is 5.44. The number of pyridine rings is 1. The number of morpholine rings is 1. The Kier molecular flexibility index (Phi) is 3.19. The molecular formula is C16H22N2O. The first-order chi connectivity index (χ1) is 9.05. The molecule has 3 nitrogen and oxygen atoms in total. The van der Waals surface area contributed by atoms with Crippen molar-refractivity contribution in [1.82, 2.24) is 9.88 Å². The lowest BCUT2D eigenvalue weighted by Crippen LogP contribution is -2.38. The number of nitrogens with zero attached hydrogens (tertiary/aromatic N) is 2. The van der Waals surface area contributed by atoms with Crippen LogP contribution in [0, 0.1) is 0 Å². The van der Waals surface area contributed by atoms with E-state index in [2.05, 4.69) is 48.9 Å². The van der Waals surface area contributed by atoms with E-state index in [0.29, 0.717) is 6.04 Å². The third kappa shape index (κ3) is 2.45. The first-order valence-electron chi connectivity index (χ1n) is 7.06. The summed E-state index contributed by atoms with van der Waals surface area (Å²) >= 11 is 0. The van der Waals surface area contributed by atoms with Crippen LogP contribution in [-0.4, -0.2) is 36.2 Å². The van der Waals surface area contributed by atoms with Gasteiger partial charge in [0.1, 0.15) is 0 Å². The molecule has 102 valence electrons. The number of fused-ring (bicyclic) bond motifs is 1. The van der Waals surface area contributed by atoms with Crippen LogP contribution in [-0.2, 0) is 10.2 Å². The lowest BCUT2D eigenvalue weighted by Gasteiger charge is -2.32. The van der Waals surface area contributed by atoms with Crippen LogP contribution in [0.15, 0.2) is 18.3 Å². The highest BCUT2D eigenvalue weighted by Crippen LogP contribution is 2.34. The molecule has 3 heteroatoms. The zero-order valence-corrected chi connectivity index (χ0v) is 12.0. The van der Waals surface area contributed by atoms with E-state index in [-0.39, 0.29) is 5.41 Å². The Morgan fingerprint density at radius 1 is 1.26 bits per heavy atom. The highest BCUT2D eigenvalue weighted by atomic mass is 16.5. The van der Waals surface area contributed by atoms with Crippen molar-refractivity contribution in [1.29, 1.82) is 0 Å². The van der Waals surface area contributed by atoms with Crippen molar-refractivity contribution >= 4 is 6.08 Å². The van der Waals surface area contributed by atoms with Crippen LogP contribution in [0.5, 0.6) is 0 Å². The topological polar surface area (TPSA) is 25.4 Å². The van der Waals surface area contributed by atoms with Crippen molar-refractivity contribution in [2.45, 2.75) is 32.2 Å². The van der Waals surface area contributed by atoms with Gasteiger partial charge in [0, 0.05) is 19.3 Å². The van der Waals surface area contributed by atoms with Crippen molar-refractivity contribution in [2.24, 2.45) is 0 Å². The third-order valence-electron chi connectivity index (χ3n) is 4.01. The second-order valence-electron chi connectivity index (χ2n) is 6.40. The summed E-state index contributed by atoms with van der Waals surface area (Å²) in [6.45, 7) is 10.4. The van der Waals surface area contributed by atoms with Gasteiger partial charge in [-0.15, -0.1) is 0 Å². The lowest BCUT2D eigenvalue weighted by molar-refractivity contribution is 0.0258. The van der Waals surface area contributed by atoms with E-state index < -0.39 is 0 Å². The Labute approximate surface area is 115 Å². The molecule has 1 aromatic heterocycles. The molecule has 1 unspecified atom stereocenters. The molecule has 0 spiro atoms. The Morgan fingerprint density at radius 3 is 2.68 bits per heavy atom. The smallest absolute Gasteiger partial charge is 0.0678 e. The molecule has 0 amide bonds. The highest BCUT2D eigenvalue weighted by molar-refractivity contribution is 5.59. The number of aromatic nitrogens is 1. The van der Waals surface area contributed by atoms with Gasteiger partial charge in [0.25, 0.3) is 0 Å². The summed E-state index contributed by atoms with van der Waals surface area (Å²) in [7, 11) is 0. The van der Waals surface area contributed by atoms with Crippen molar-refractivity contribution < 1.29 is 4.74 Å². The van der Waals surface area contributed by atoms with E-state index in [4.69, 9.17) is 4.74 Å². The average molecular weight is 258 g/mol. The van der Waals surface area contributed by atoms with Crippen LogP contribution in [0.2, 0.25) is 0 Å². The molecule has 0 N–H and O–H groups in total. The summed E-state index contributed by atoms with van der Waals surface area (Å²) in [6, 6.07) is 2.72. The molecule has 19 heavy (non-hydrogen) atoms. The Hall–Kier alpha value is -1.19. The van der Waals surface area contributed by atoms with Crippen LogP contribution in [0.3, 0.4) is 0 Å². The van der Waals surface area contributed by atoms with Gasteiger partial charge in [-0.25, -0.2) is 0 Å². The molecule has 1 atom stereocenters. The predicted octanol–water partition coefficient (Wildman–Crippen LogP) is 2.78. The van der Waals surface area contributed by atoms with E-state index in [9.17, 15) is 0 Å². The maximum Gasteiger partial charge on any atom is 0.0678 e. The maximum absolute atomic E-state index is 5.44. The van der Waals surface area contributed by atoms with E-state index in [1.54, 1.807) is 0 Å². The summed E-state index contributed by atoms with van der Waals surface area (Å²) in [5, 5.41) is 0. The molecule has 1 aliphatic carbocycles. The largest absolute Gasteiger partial charge is 0.379 e. The minimum absolute atomic E-state index is 0.153. The van der Waals surface area contributed by atoms with Crippen molar-refractivity contribution in [3.05, 3.63) is 35.2 Å². The summed E-state index contributed by atoms with van der Waals surface area (Å²) in [6.07, 6.45) is 6.45. The number of hydrogen-bond donors (Lipinski definition) is 0. The SMILES string of the molecule is CC(C)(C)c1cnc2c(c1)C(N1CCOCC1)C=C2. The van der Waals surface area contributed by atoms with Crippen LogP contribution < -0.4 is 0 Å². The van der Waals surface area contributed by atoms with E-state index in [0.717, 1.165) is 32.0 Å². The second-order valence-corrected chi connectivity index (χ2v) is 6.40. The number of rotatable bonds is 1. The quantitative estimate of drug-likeness (QED) is 0.774. The van der Waals surface area contributed by atoms with Gasteiger partial charge in [0.2, 0.25) is 0 Å². The van der Waals surface area contributed by atoms with Crippen molar-refractivity contribution in [3.63, 3.8) is 0 Å². The highest BCUT2D eigenvalue weighted by Gasteiger charge is 2.27. The molecule has 2 aliphatic rings. The van der Waals surface area contributed by atoms with Gasteiger partial charge >= 0.3 is 0 Å². The molecule has 0 aromatic carbocycles. The van der Waals surface area contributed by atoms with Crippen LogP contribution in [0.1, 0.15) is 43.6 Å². The van der Waals surface area contributed by atoms with Crippen LogP contribution in [0.4, 0.5) is 0 Å². The van der Waals surface area contributed by atoms with Gasteiger partial charge in [0.05, 0.1) is 24.9 Å². The minimum atomic E-state index is 0.153. The van der Waals surface area contributed by atoms with Gasteiger partial charge < -0.3 is 4.74 Å². The van der Waals surface area contributed by atoms with Gasteiger partial charge in [-0.05, 0) is 28.7 Å². The molecule has 0 radical (unpaired) electrons. The Morgan fingerprint density at radius 2 is 2.00 bits per heavy atom. The standard InChI is InChI=1S/C16H22N2O/c1-16(2,3)12-10-13-14(17-11-12)4-5-15(13)18-6-8-19-9-7-18/h4-5,10-11,15H,6-9H2,1-3H3. The fourth-order valence-electron chi connectivity index (χ4n) is 2.74.